The second-order valence-corrected chi connectivity index (χ2v) is 3.80. The Balaban J connectivity index is 0.00000112. The van der Waals surface area contributed by atoms with Gasteiger partial charge >= 0.3 is 5.69 Å². The molecule has 0 amide bonds. The number of hydrogen-bond acceptors (Lipinski definition) is 3. The summed E-state index contributed by atoms with van der Waals surface area (Å²) in [6.07, 6.45) is 2.04. The van der Waals surface area contributed by atoms with Crippen molar-refractivity contribution in [3.05, 3.63) is 16.3 Å². The van der Waals surface area contributed by atoms with Crippen molar-refractivity contribution in [3.63, 3.8) is 0 Å². The summed E-state index contributed by atoms with van der Waals surface area (Å²) in [5.41, 5.74) is 0.00870. The van der Waals surface area contributed by atoms with Gasteiger partial charge in [-0.3, -0.25) is 4.57 Å². The highest BCUT2D eigenvalue weighted by molar-refractivity contribution is 5.85. The predicted octanol–water partition coefficient (Wildman–Crippen LogP) is 0.237. The van der Waals surface area contributed by atoms with Gasteiger partial charge in [0.25, 0.3) is 0 Å². The number of aryl methyl sites for hydroxylation is 2. The van der Waals surface area contributed by atoms with E-state index in [1.807, 2.05) is 11.5 Å². The van der Waals surface area contributed by atoms with E-state index in [-0.39, 0.29) is 18.1 Å². The Morgan fingerprint density at radius 3 is 2.47 bits per heavy atom. The Bertz CT molecular complexity index is 378. The van der Waals surface area contributed by atoms with Gasteiger partial charge in [-0.25, -0.2) is 9.48 Å². The normalized spacial score (nSPS) is 17.5. The van der Waals surface area contributed by atoms with Crippen LogP contribution >= 0.6 is 12.4 Å². The molecule has 0 saturated carbocycles. The summed E-state index contributed by atoms with van der Waals surface area (Å²) < 4.78 is 3.23. The third-order valence-corrected chi connectivity index (χ3v) is 2.80. The predicted molar refractivity (Wildman–Crippen MR) is 60.6 cm³/mol. The molecule has 0 spiro atoms. The maximum Gasteiger partial charge on any atom is 0.345 e. The summed E-state index contributed by atoms with van der Waals surface area (Å²) >= 11 is 0. The molecule has 6 heteroatoms. The highest BCUT2D eigenvalue weighted by atomic mass is 35.5. The average Bonchev–Trinajstić information content (AvgIpc) is 2.43. The number of halogens is 1. The van der Waals surface area contributed by atoms with Crippen molar-refractivity contribution >= 4 is 12.4 Å². The number of hydrogen-bond donors (Lipinski definition) is 1. The zero-order valence-corrected chi connectivity index (χ0v) is 9.88. The molecule has 1 fully saturated rings. The van der Waals surface area contributed by atoms with Gasteiger partial charge in [0, 0.05) is 13.1 Å². The number of piperidine rings is 1. The van der Waals surface area contributed by atoms with Crippen LogP contribution in [0.5, 0.6) is 0 Å². The Hall–Kier alpha value is -0.810. The first kappa shape index (κ1) is 12.3. The second kappa shape index (κ2) is 4.81. The van der Waals surface area contributed by atoms with Gasteiger partial charge in [0.1, 0.15) is 5.82 Å². The zero-order valence-electron chi connectivity index (χ0n) is 9.06. The van der Waals surface area contributed by atoms with Crippen molar-refractivity contribution in [2.45, 2.75) is 25.8 Å². The Labute approximate surface area is 94.9 Å². The molecule has 0 aromatic carbocycles. The van der Waals surface area contributed by atoms with Crippen LogP contribution in [0.25, 0.3) is 0 Å². The first-order valence-electron chi connectivity index (χ1n) is 5.03. The van der Waals surface area contributed by atoms with Crippen molar-refractivity contribution < 1.29 is 0 Å². The molecule has 1 aliphatic rings. The molecule has 0 radical (unpaired) electrons. The molecule has 2 heterocycles. The molecule has 2 rings (SSSR count). The Morgan fingerprint density at radius 1 is 1.40 bits per heavy atom. The molecule has 5 nitrogen and oxygen atoms in total. The standard InChI is InChI=1S/C9H16N4O.ClH/c1-7-11-12(2)9(14)13(7)8-3-5-10-6-4-8;/h8,10H,3-6H2,1-2H3;1H. The molecule has 1 aromatic heterocycles. The summed E-state index contributed by atoms with van der Waals surface area (Å²) in [6.45, 7) is 3.88. The zero-order chi connectivity index (χ0) is 10.1. The largest absolute Gasteiger partial charge is 0.345 e. The molecule has 15 heavy (non-hydrogen) atoms. The maximum atomic E-state index is 11.7. The van der Waals surface area contributed by atoms with Gasteiger partial charge < -0.3 is 5.32 Å². The van der Waals surface area contributed by atoms with Crippen molar-refractivity contribution in [2.24, 2.45) is 7.05 Å². The summed E-state index contributed by atoms with van der Waals surface area (Å²) in [6, 6.07) is 0.331. The Morgan fingerprint density at radius 2 is 2.00 bits per heavy atom. The summed E-state index contributed by atoms with van der Waals surface area (Å²) in [4.78, 5) is 11.7. The molecular weight excluding hydrogens is 216 g/mol. The summed E-state index contributed by atoms with van der Waals surface area (Å²) in [5, 5.41) is 7.42. The van der Waals surface area contributed by atoms with E-state index in [4.69, 9.17) is 0 Å². The molecule has 1 saturated heterocycles. The van der Waals surface area contributed by atoms with Crippen LogP contribution in [0.1, 0.15) is 24.7 Å². The minimum absolute atomic E-state index is 0. The molecule has 1 aromatic rings. The SMILES string of the molecule is Cc1nn(C)c(=O)n1C1CCNCC1.Cl. The number of nitrogens with one attached hydrogen (secondary N) is 1. The lowest BCUT2D eigenvalue weighted by Crippen LogP contribution is -2.35. The van der Waals surface area contributed by atoms with E-state index >= 15 is 0 Å². The summed E-state index contributed by atoms with van der Waals surface area (Å²) in [7, 11) is 1.70. The fourth-order valence-corrected chi connectivity index (χ4v) is 2.09. The van der Waals surface area contributed by atoms with Crippen LogP contribution in [-0.4, -0.2) is 27.4 Å². The van der Waals surface area contributed by atoms with Crippen LogP contribution in [-0.2, 0) is 7.05 Å². The second-order valence-electron chi connectivity index (χ2n) is 3.80. The van der Waals surface area contributed by atoms with Crippen LogP contribution in [0.3, 0.4) is 0 Å². The van der Waals surface area contributed by atoms with Gasteiger partial charge in [0.2, 0.25) is 0 Å². The van der Waals surface area contributed by atoms with Gasteiger partial charge in [0.15, 0.2) is 0 Å². The van der Waals surface area contributed by atoms with Crippen LogP contribution in [0.2, 0.25) is 0 Å². The van der Waals surface area contributed by atoms with Crippen molar-refractivity contribution in [3.8, 4) is 0 Å². The lowest BCUT2D eigenvalue weighted by Gasteiger charge is -2.23. The van der Waals surface area contributed by atoms with E-state index in [2.05, 4.69) is 10.4 Å². The van der Waals surface area contributed by atoms with E-state index in [1.165, 1.54) is 4.68 Å². The van der Waals surface area contributed by atoms with E-state index < -0.39 is 0 Å². The smallest absolute Gasteiger partial charge is 0.317 e. The Kier molecular flexibility index (Phi) is 3.93. The van der Waals surface area contributed by atoms with Crippen molar-refractivity contribution in [2.75, 3.05) is 13.1 Å². The molecule has 86 valence electrons. The lowest BCUT2D eigenvalue weighted by molar-refractivity contribution is 0.354. The van der Waals surface area contributed by atoms with Crippen LogP contribution in [0.4, 0.5) is 0 Å². The highest BCUT2D eigenvalue weighted by Crippen LogP contribution is 2.17. The molecule has 0 bridgehead atoms. The number of nitrogens with zero attached hydrogens (tertiary/aromatic N) is 3. The first-order valence-corrected chi connectivity index (χ1v) is 5.03. The quantitative estimate of drug-likeness (QED) is 0.755. The molecule has 0 unspecified atom stereocenters. The molecular formula is C9H17ClN4O. The molecule has 1 aliphatic heterocycles. The van der Waals surface area contributed by atoms with Gasteiger partial charge in [-0.2, -0.15) is 5.10 Å². The molecule has 1 N–H and O–H groups in total. The topological polar surface area (TPSA) is 51.9 Å². The van der Waals surface area contributed by atoms with Crippen molar-refractivity contribution in [1.29, 1.82) is 0 Å². The molecule has 0 aliphatic carbocycles. The third kappa shape index (κ3) is 2.23. The fourth-order valence-electron chi connectivity index (χ4n) is 2.09. The minimum atomic E-state index is 0. The van der Waals surface area contributed by atoms with Gasteiger partial charge in [-0.05, 0) is 32.9 Å². The lowest BCUT2D eigenvalue weighted by atomic mass is 10.1. The summed E-state index contributed by atoms with van der Waals surface area (Å²) in [5.74, 6) is 0.824. The number of rotatable bonds is 1. The van der Waals surface area contributed by atoms with Crippen LogP contribution in [0.15, 0.2) is 4.79 Å². The van der Waals surface area contributed by atoms with Gasteiger partial charge in [-0.1, -0.05) is 0 Å². The number of aromatic nitrogens is 3. The minimum Gasteiger partial charge on any atom is -0.317 e. The van der Waals surface area contributed by atoms with Crippen molar-refractivity contribution in [1.82, 2.24) is 19.7 Å². The fraction of sp³-hybridized carbons (Fsp3) is 0.778. The highest BCUT2D eigenvalue weighted by Gasteiger charge is 2.19. The molecule has 0 atom stereocenters. The average molecular weight is 233 g/mol. The van der Waals surface area contributed by atoms with E-state index in [9.17, 15) is 4.79 Å². The van der Waals surface area contributed by atoms with Gasteiger partial charge in [-0.15, -0.1) is 12.4 Å². The van der Waals surface area contributed by atoms with E-state index in [0.29, 0.717) is 6.04 Å². The van der Waals surface area contributed by atoms with E-state index in [1.54, 1.807) is 7.05 Å². The third-order valence-electron chi connectivity index (χ3n) is 2.80. The first-order chi connectivity index (χ1) is 6.70. The maximum absolute atomic E-state index is 11.7. The van der Waals surface area contributed by atoms with Crippen LogP contribution < -0.4 is 11.0 Å². The monoisotopic (exact) mass is 232 g/mol. The van der Waals surface area contributed by atoms with Crippen LogP contribution in [0, 0.1) is 6.92 Å². The van der Waals surface area contributed by atoms with E-state index in [0.717, 1.165) is 31.8 Å². The van der Waals surface area contributed by atoms with Gasteiger partial charge in [0.05, 0.1) is 0 Å².